The molecule has 124 valence electrons. The molecule has 3 rings (SSSR count). The highest BCUT2D eigenvalue weighted by atomic mass is 32.1. The Bertz CT molecular complexity index is 867. The van der Waals surface area contributed by atoms with Crippen LogP contribution >= 0.6 is 12.2 Å². The maximum absolute atomic E-state index is 5.88. The van der Waals surface area contributed by atoms with Gasteiger partial charge in [0.15, 0.2) is 0 Å². The number of rotatable bonds is 6. The molecule has 0 aliphatic heterocycles. The van der Waals surface area contributed by atoms with E-state index in [4.69, 9.17) is 17.0 Å². The first-order chi connectivity index (χ1) is 11.6. The van der Waals surface area contributed by atoms with Crippen LogP contribution < -0.4 is 10.2 Å². The average Bonchev–Trinajstić information content (AvgIpc) is 2.91. The molecule has 5 nitrogen and oxygen atoms in total. The fourth-order valence-electron chi connectivity index (χ4n) is 2.33. The SMILES string of the molecule is Cc1ccc(COc2cccc(CNn3c(C)n[nH]c3=S)c2)cc1. The summed E-state index contributed by atoms with van der Waals surface area (Å²) in [4.78, 5) is 0. The van der Waals surface area contributed by atoms with Crippen LogP contribution in [0.1, 0.15) is 22.5 Å². The van der Waals surface area contributed by atoms with Gasteiger partial charge in [0.05, 0.1) is 6.54 Å². The lowest BCUT2D eigenvalue weighted by atomic mass is 10.2. The number of nitrogens with zero attached hydrogens (tertiary/aromatic N) is 2. The number of H-pyrrole nitrogens is 1. The van der Waals surface area contributed by atoms with Gasteiger partial charge >= 0.3 is 0 Å². The Kier molecular flexibility index (Phi) is 4.96. The van der Waals surface area contributed by atoms with Crippen molar-refractivity contribution < 1.29 is 4.74 Å². The van der Waals surface area contributed by atoms with E-state index in [1.54, 1.807) is 4.68 Å². The number of aromatic nitrogens is 3. The van der Waals surface area contributed by atoms with E-state index in [1.165, 1.54) is 5.56 Å². The molecule has 0 aliphatic carbocycles. The standard InChI is InChI=1S/C18H20N4OS/c1-13-6-8-15(9-7-13)12-23-17-5-3-4-16(10-17)11-19-22-14(2)20-21-18(22)24/h3-10,19H,11-12H2,1-2H3,(H,21,24). The summed E-state index contributed by atoms with van der Waals surface area (Å²) < 4.78 is 8.20. The molecule has 0 spiro atoms. The van der Waals surface area contributed by atoms with Crippen molar-refractivity contribution in [3.05, 3.63) is 75.8 Å². The number of ether oxygens (including phenoxy) is 1. The summed E-state index contributed by atoms with van der Waals surface area (Å²) in [6, 6.07) is 16.4. The van der Waals surface area contributed by atoms with E-state index in [-0.39, 0.29) is 0 Å². The lowest BCUT2D eigenvalue weighted by Gasteiger charge is -2.11. The van der Waals surface area contributed by atoms with Crippen LogP contribution in [0.5, 0.6) is 5.75 Å². The van der Waals surface area contributed by atoms with Crippen molar-refractivity contribution >= 4 is 12.2 Å². The van der Waals surface area contributed by atoms with Gasteiger partial charge in [-0.2, -0.15) is 5.10 Å². The van der Waals surface area contributed by atoms with Crippen molar-refractivity contribution in [2.24, 2.45) is 0 Å². The van der Waals surface area contributed by atoms with E-state index >= 15 is 0 Å². The Labute approximate surface area is 146 Å². The minimum Gasteiger partial charge on any atom is -0.489 e. The third-order valence-electron chi connectivity index (χ3n) is 3.71. The van der Waals surface area contributed by atoms with Crippen LogP contribution in [0, 0.1) is 18.6 Å². The van der Waals surface area contributed by atoms with Gasteiger partial charge in [-0.1, -0.05) is 42.0 Å². The second-order valence-corrected chi connectivity index (χ2v) is 6.05. The number of nitrogens with one attached hydrogen (secondary N) is 2. The second kappa shape index (κ2) is 7.31. The van der Waals surface area contributed by atoms with Crippen LogP contribution in [-0.2, 0) is 13.2 Å². The lowest BCUT2D eigenvalue weighted by Crippen LogP contribution is -2.16. The zero-order valence-electron chi connectivity index (χ0n) is 13.7. The van der Waals surface area contributed by atoms with Crippen LogP contribution in [0.3, 0.4) is 0 Å². The molecule has 24 heavy (non-hydrogen) atoms. The van der Waals surface area contributed by atoms with Crippen molar-refractivity contribution in [1.82, 2.24) is 14.9 Å². The highest BCUT2D eigenvalue weighted by molar-refractivity contribution is 7.71. The molecule has 0 radical (unpaired) electrons. The molecule has 1 aromatic heterocycles. The summed E-state index contributed by atoms with van der Waals surface area (Å²) in [5, 5.41) is 6.83. The first-order valence-corrected chi connectivity index (χ1v) is 8.18. The summed E-state index contributed by atoms with van der Waals surface area (Å²) in [7, 11) is 0. The zero-order chi connectivity index (χ0) is 16.9. The fourth-order valence-corrected chi connectivity index (χ4v) is 2.57. The van der Waals surface area contributed by atoms with Crippen LogP contribution in [0.4, 0.5) is 0 Å². The van der Waals surface area contributed by atoms with Crippen molar-refractivity contribution in [2.45, 2.75) is 27.0 Å². The molecule has 0 saturated heterocycles. The van der Waals surface area contributed by atoms with Crippen molar-refractivity contribution in [2.75, 3.05) is 5.43 Å². The van der Waals surface area contributed by atoms with Gasteiger partial charge < -0.3 is 10.2 Å². The molecular weight excluding hydrogens is 320 g/mol. The van der Waals surface area contributed by atoms with Gasteiger partial charge in [-0.05, 0) is 49.3 Å². The summed E-state index contributed by atoms with van der Waals surface area (Å²) in [6.07, 6.45) is 0. The smallest absolute Gasteiger partial charge is 0.214 e. The molecule has 3 aromatic rings. The highest BCUT2D eigenvalue weighted by Crippen LogP contribution is 2.16. The van der Waals surface area contributed by atoms with Gasteiger partial charge in [-0.15, -0.1) is 0 Å². The number of aromatic amines is 1. The largest absolute Gasteiger partial charge is 0.489 e. The zero-order valence-corrected chi connectivity index (χ0v) is 14.6. The van der Waals surface area contributed by atoms with E-state index in [1.807, 2.05) is 31.2 Å². The Morgan fingerprint density at radius 1 is 1.12 bits per heavy atom. The quantitative estimate of drug-likeness (QED) is 0.669. The third-order valence-corrected chi connectivity index (χ3v) is 3.98. The maximum Gasteiger partial charge on any atom is 0.214 e. The number of hydrogen-bond donors (Lipinski definition) is 2. The molecule has 0 unspecified atom stereocenters. The van der Waals surface area contributed by atoms with E-state index in [0.29, 0.717) is 17.9 Å². The predicted molar refractivity (Wildman–Crippen MR) is 97.2 cm³/mol. The van der Waals surface area contributed by atoms with Crippen molar-refractivity contribution in [3.8, 4) is 5.75 Å². The maximum atomic E-state index is 5.88. The van der Waals surface area contributed by atoms with Gasteiger partial charge in [0, 0.05) is 0 Å². The molecule has 2 N–H and O–H groups in total. The second-order valence-electron chi connectivity index (χ2n) is 5.67. The highest BCUT2D eigenvalue weighted by Gasteiger charge is 2.02. The molecule has 0 bridgehead atoms. The Hall–Kier alpha value is -2.60. The topological polar surface area (TPSA) is 54.9 Å². The van der Waals surface area contributed by atoms with Gasteiger partial charge in [0.2, 0.25) is 4.77 Å². The third kappa shape index (κ3) is 4.02. The van der Waals surface area contributed by atoms with Crippen LogP contribution in [0.2, 0.25) is 0 Å². The fraction of sp³-hybridized carbons (Fsp3) is 0.222. The molecule has 2 aromatic carbocycles. The molecule has 0 amide bonds. The van der Waals surface area contributed by atoms with E-state index in [0.717, 1.165) is 22.7 Å². The lowest BCUT2D eigenvalue weighted by molar-refractivity contribution is 0.306. The summed E-state index contributed by atoms with van der Waals surface area (Å²) >= 11 is 5.18. The number of benzene rings is 2. The van der Waals surface area contributed by atoms with Crippen LogP contribution in [0.25, 0.3) is 0 Å². The Balaban J connectivity index is 1.61. The van der Waals surface area contributed by atoms with Crippen LogP contribution in [-0.4, -0.2) is 14.9 Å². The molecule has 0 atom stereocenters. The number of aryl methyl sites for hydroxylation is 2. The Morgan fingerprint density at radius 2 is 1.92 bits per heavy atom. The summed E-state index contributed by atoms with van der Waals surface area (Å²) in [5.41, 5.74) is 6.76. The van der Waals surface area contributed by atoms with Gasteiger partial charge in [0.1, 0.15) is 18.2 Å². The number of hydrogen-bond acceptors (Lipinski definition) is 4. The normalized spacial score (nSPS) is 10.6. The first kappa shape index (κ1) is 16.3. The van der Waals surface area contributed by atoms with Gasteiger partial charge in [-0.3, -0.25) is 5.10 Å². The summed E-state index contributed by atoms with van der Waals surface area (Å²) in [6.45, 7) is 5.16. The molecule has 6 heteroatoms. The average molecular weight is 340 g/mol. The van der Waals surface area contributed by atoms with E-state index in [2.05, 4.69) is 46.8 Å². The van der Waals surface area contributed by atoms with Crippen molar-refractivity contribution in [1.29, 1.82) is 0 Å². The molecule has 0 aliphatic rings. The molecular formula is C18H20N4OS. The van der Waals surface area contributed by atoms with E-state index in [9.17, 15) is 0 Å². The van der Waals surface area contributed by atoms with Gasteiger partial charge in [0.25, 0.3) is 0 Å². The first-order valence-electron chi connectivity index (χ1n) is 7.77. The molecule has 0 fully saturated rings. The van der Waals surface area contributed by atoms with E-state index < -0.39 is 0 Å². The van der Waals surface area contributed by atoms with Crippen LogP contribution in [0.15, 0.2) is 48.5 Å². The monoisotopic (exact) mass is 340 g/mol. The molecule has 0 saturated carbocycles. The summed E-state index contributed by atoms with van der Waals surface area (Å²) in [5.74, 6) is 1.65. The Morgan fingerprint density at radius 3 is 2.62 bits per heavy atom. The minimum atomic E-state index is 0.555. The van der Waals surface area contributed by atoms with Crippen molar-refractivity contribution in [3.63, 3.8) is 0 Å². The predicted octanol–water partition coefficient (Wildman–Crippen LogP) is 3.88. The van der Waals surface area contributed by atoms with Gasteiger partial charge in [-0.25, -0.2) is 4.68 Å². The minimum absolute atomic E-state index is 0.555. The molecule has 1 heterocycles.